The fourth-order valence-corrected chi connectivity index (χ4v) is 2.20. The highest BCUT2D eigenvalue weighted by Gasteiger charge is 2.29. The van der Waals surface area contributed by atoms with Crippen molar-refractivity contribution in [2.45, 2.75) is 45.1 Å². The lowest BCUT2D eigenvalue weighted by Gasteiger charge is -2.33. The van der Waals surface area contributed by atoms with Crippen molar-refractivity contribution in [3.63, 3.8) is 0 Å². The van der Waals surface area contributed by atoms with Crippen LogP contribution in [0.3, 0.4) is 0 Å². The van der Waals surface area contributed by atoms with E-state index in [1.165, 1.54) is 5.56 Å². The van der Waals surface area contributed by atoms with Crippen LogP contribution >= 0.6 is 0 Å². The summed E-state index contributed by atoms with van der Waals surface area (Å²) < 4.78 is 5.65. The van der Waals surface area contributed by atoms with Crippen LogP contribution in [-0.4, -0.2) is 11.7 Å². The van der Waals surface area contributed by atoms with Crippen LogP contribution in [0.1, 0.15) is 50.8 Å². The molecule has 16 heavy (non-hydrogen) atoms. The van der Waals surface area contributed by atoms with Crippen LogP contribution in [0, 0.1) is 0 Å². The van der Waals surface area contributed by atoms with Gasteiger partial charge in [-0.05, 0) is 36.0 Å². The van der Waals surface area contributed by atoms with Gasteiger partial charge in [0.05, 0.1) is 12.7 Å². The molecule has 2 heteroatoms. The Balaban J connectivity index is 2.43. The smallest absolute Gasteiger partial charge is 0.123 e. The summed E-state index contributed by atoms with van der Waals surface area (Å²) in [6.45, 7) is 7.24. The van der Waals surface area contributed by atoms with Crippen LogP contribution in [0.4, 0.5) is 0 Å². The first kappa shape index (κ1) is 11.5. The molecule has 0 saturated carbocycles. The summed E-state index contributed by atoms with van der Waals surface area (Å²) in [5.41, 5.74) is 2.38. The maximum absolute atomic E-state index is 9.86. The fourth-order valence-electron chi connectivity index (χ4n) is 2.20. The van der Waals surface area contributed by atoms with Gasteiger partial charge in [-0.25, -0.2) is 0 Å². The van der Waals surface area contributed by atoms with E-state index in [1.54, 1.807) is 0 Å². The van der Waals surface area contributed by atoms with Crippen molar-refractivity contribution in [1.82, 2.24) is 0 Å². The molecule has 1 aliphatic heterocycles. The average molecular weight is 220 g/mol. The van der Waals surface area contributed by atoms with Gasteiger partial charge in [-0.1, -0.05) is 26.8 Å². The van der Waals surface area contributed by atoms with Gasteiger partial charge in [-0.2, -0.15) is 0 Å². The average Bonchev–Trinajstić information content (AvgIpc) is 2.27. The lowest BCUT2D eigenvalue weighted by atomic mass is 9.79. The third kappa shape index (κ3) is 1.94. The van der Waals surface area contributed by atoms with Gasteiger partial charge in [-0.3, -0.25) is 0 Å². The number of benzene rings is 1. The Bertz CT molecular complexity index is 382. The molecule has 88 valence electrons. The maximum atomic E-state index is 9.86. The van der Waals surface area contributed by atoms with E-state index in [-0.39, 0.29) is 11.5 Å². The lowest BCUT2D eigenvalue weighted by Crippen LogP contribution is -2.26. The van der Waals surface area contributed by atoms with E-state index in [2.05, 4.69) is 19.9 Å². The van der Waals surface area contributed by atoms with Gasteiger partial charge in [0.2, 0.25) is 0 Å². The molecule has 1 aromatic rings. The van der Waals surface area contributed by atoms with E-state index >= 15 is 0 Å². The number of rotatable bonds is 2. The van der Waals surface area contributed by atoms with Crippen LogP contribution in [0.15, 0.2) is 18.2 Å². The quantitative estimate of drug-likeness (QED) is 0.829. The second kappa shape index (κ2) is 4.10. The zero-order valence-corrected chi connectivity index (χ0v) is 10.3. The summed E-state index contributed by atoms with van der Waals surface area (Å²) in [5.74, 6) is 0.975. The molecule has 0 radical (unpaired) electrons. The Morgan fingerprint density at radius 3 is 2.88 bits per heavy atom. The van der Waals surface area contributed by atoms with Crippen molar-refractivity contribution in [3.8, 4) is 5.75 Å². The summed E-state index contributed by atoms with van der Waals surface area (Å²) in [5, 5.41) is 9.86. The molecule has 1 N–H and O–H groups in total. The Morgan fingerprint density at radius 2 is 2.19 bits per heavy atom. The van der Waals surface area contributed by atoms with Gasteiger partial charge < -0.3 is 9.84 Å². The largest absolute Gasteiger partial charge is 0.493 e. The minimum absolute atomic E-state index is 0.150. The van der Waals surface area contributed by atoms with Crippen LogP contribution in [-0.2, 0) is 5.41 Å². The predicted octanol–water partition coefficient (Wildman–Crippen LogP) is 3.19. The molecule has 2 nitrogen and oxygen atoms in total. The lowest BCUT2D eigenvalue weighted by molar-refractivity contribution is 0.172. The van der Waals surface area contributed by atoms with Gasteiger partial charge >= 0.3 is 0 Å². The highest BCUT2D eigenvalue weighted by Crippen LogP contribution is 2.39. The molecule has 1 aromatic carbocycles. The molecule has 1 heterocycles. The molecular weight excluding hydrogens is 200 g/mol. The molecule has 0 spiro atoms. The number of aliphatic hydroxyl groups excluding tert-OH is 1. The molecular formula is C14H20O2. The van der Waals surface area contributed by atoms with Gasteiger partial charge in [0, 0.05) is 5.56 Å². The third-order valence-electron chi connectivity index (χ3n) is 3.49. The molecule has 0 saturated heterocycles. The summed E-state index contributed by atoms with van der Waals surface area (Å²) >= 11 is 0. The van der Waals surface area contributed by atoms with Crippen molar-refractivity contribution in [3.05, 3.63) is 29.3 Å². The van der Waals surface area contributed by atoms with Crippen molar-refractivity contribution in [2.24, 2.45) is 0 Å². The van der Waals surface area contributed by atoms with E-state index in [1.807, 2.05) is 19.1 Å². The monoisotopic (exact) mass is 220 g/mol. The van der Waals surface area contributed by atoms with Crippen LogP contribution in [0.5, 0.6) is 5.75 Å². The normalized spacial score (nSPS) is 19.8. The molecule has 0 amide bonds. The third-order valence-corrected chi connectivity index (χ3v) is 3.49. The highest BCUT2D eigenvalue weighted by molar-refractivity contribution is 5.43. The minimum Gasteiger partial charge on any atom is -0.493 e. The maximum Gasteiger partial charge on any atom is 0.123 e. The molecule has 1 atom stereocenters. The molecule has 1 aliphatic rings. The molecule has 0 aliphatic carbocycles. The van der Waals surface area contributed by atoms with Gasteiger partial charge in [0.15, 0.2) is 0 Å². The van der Waals surface area contributed by atoms with Crippen molar-refractivity contribution >= 4 is 0 Å². The Labute approximate surface area is 97.3 Å². The first-order valence-electron chi connectivity index (χ1n) is 6.00. The van der Waals surface area contributed by atoms with Crippen molar-refractivity contribution in [1.29, 1.82) is 0 Å². The van der Waals surface area contributed by atoms with Crippen molar-refractivity contribution < 1.29 is 9.84 Å². The van der Waals surface area contributed by atoms with Gasteiger partial charge in [0.25, 0.3) is 0 Å². The number of hydrogen-bond donors (Lipinski definition) is 1. The zero-order valence-electron chi connectivity index (χ0n) is 10.3. The summed E-state index contributed by atoms with van der Waals surface area (Å²) in [7, 11) is 0. The highest BCUT2D eigenvalue weighted by atomic mass is 16.5. The molecule has 0 bridgehead atoms. The number of hydrogen-bond acceptors (Lipinski definition) is 2. The second-order valence-corrected chi connectivity index (χ2v) is 5.16. The van der Waals surface area contributed by atoms with E-state index in [9.17, 15) is 5.11 Å². The second-order valence-electron chi connectivity index (χ2n) is 5.16. The minimum atomic E-state index is -0.358. The fraction of sp³-hybridized carbons (Fsp3) is 0.571. The SMILES string of the molecule is CCC(O)c1ccc2c(c1)C(C)(C)CCO2. The topological polar surface area (TPSA) is 29.5 Å². The van der Waals surface area contributed by atoms with Gasteiger partial charge in [0.1, 0.15) is 5.75 Å². The standard InChI is InChI=1S/C14H20O2/c1-4-12(15)10-5-6-13-11(9-10)14(2,3)7-8-16-13/h5-6,9,12,15H,4,7-8H2,1-3H3. The molecule has 0 aromatic heterocycles. The summed E-state index contributed by atoms with van der Waals surface area (Å²) in [6.07, 6.45) is 1.43. The molecule has 0 fully saturated rings. The molecule has 1 unspecified atom stereocenters. The number of fused-ring (bicyclic) bond motifs is 1. The van der Waals surface area contributed by atoms with E-state index in [4.69, 9.17) is 4.74 Å². The molecule has 2 rings (SSSR count). The van der Waals surface area contributed by atoms with E-state index in [0.717, 1.165) is 30.8 Å². The number of ether oxygens (including phenoxy) is 1. The Morgan fingerprint density at radius 1 is 1.44 bits per heavy atom. The predicted molar refractivity (Wildman–Crippen MR) is 64.8 cm³/mol. The first-order valence-corrected chi connectivity index (χ1v) is 6.00. The zero-order chi connectivity index (χ0) is 11.8. The first-order chi connectivity index (χ1) is 7.54. The van der Waals surface area contributed by atoms with E-state index in [0.29, 0.717) is 0 Å². The Kier molecular flexibility index (Phi) is 2.94. The van der Waals surface area contributed by atoms with Crippen LogP contribution < -0.4 is 4.74 Å². The van der Waals surface area contributed by atoms with Crippen LogP contribution in [0.2, 0.25) is 0 Å². The van der Waals surface area contributed by atoms with Crippen molar-refractivity contribution in [2.75, 3.05) is 6.61 Å². The summed E-state index contributed by atoms with van der Waals surface area (Å²) in [6, 6.07) is 6.06. The van der Waals surface area contributed by atoms with Gasteiger partial charge in [-0.15, -0.1) is 0 Å². The summed E-state index contributed by atoms with van der Waals surface area (Å²) in [4.78, 5) is 0. The number of aliphatic hydroxyl groups is 1. The van der Waals surface area contributed by atoms with Crippen LogP contribution in [0.25, 0.3) is 0 Å². The van der Waals surface area contributed by atoms with E-state index < -0.39 is 0 Å². The Hall–Kier alpha value is -1.02.